The lowest BCUT2D eigenvalue weighted by atomic mass is 10.2. The van der Waals surface area contributed by atoms with Crippen LogP contribution in [0.4, 0.5) is 0 Å². The molecule has 0 radical (unpaired) electrons. The molecular formula is C12H12Cl2N2O. The predicted molar refractivity (Wildman–Crippen MR) is 70.9 cm³/mol. The van der Waals surface area contributed by atoms with E-state index in [-0.39, 0.29) is 11.4 Å². The van der Waals surface area contributed by atoms with E-state index in [2.05, 4.69) is 4.98 Å². The van der Waals surface area contributed by atoms with Gasteiger partial charge in [-0.3, -0.25) is 9.36 Å². The molecule has 90 valence electrons. The molecule has 1 aromatic heterocycles. The summed E-state index contributed by atoms with van der Waals surface area (Å²) >= 11 is 11.7. The van der Waals surface area contributed by atoms with E-state index in [1.165, 1.54) is 0 Å². The van der Waals surface area contributed by atoms with Crippen molar-refractivity contribution >= 4 is 34.1 Å². The Kier molecular flexibility index (Phi) is 3.69. The summed E-state index contributed by atoms with van der Waals surface area (Å²) in [7, 11) is 0. The summed E-state index contributed by atoms with van der Waals surface area (Å²) in [5.74, 6) is 0.835. The average molecular weight is 271 g/mol. The van der Waals surface area contributed by atoms with Gasteiger partial charge in [0.25, 0.3) is 5.56 Å². The first kappa shape index (κ1) is 12.4. The Morgan fingerprint density at radius 2 is 2.18 bits per heavy atom. The molecule has 1 heterocycles. The quantitative estimate of drug-likeness (QED) is 0.803. The molecule has 0 saturated heterocycles. The highest BCUT2D eigenvalue weighted by Crippen LogP contribution is 2.16. The molecule has 2 rings (SSSR count). The maximum absolute atomic E-state index is 12.3. The Hall–Kier alpha value is -1.06. The van der Waals surface area contributed by atoms with Crippen LogP contribution < -0.4 is 5.56 Å². The molecule has 3 nitrogen and oxygen atoms in total. The molecule has 5 heteroatoms. The Morgan fingerprint density at radius 3 is 2.82 bits per heavy atom. The number of benzene rings is 1. The molecule has 0 atom stereocenters. The summed E-state index contributed by atoms with van der Waals surface area (Å²) in [4.78, 5) is 16.6. The molecule has 0 aliphatic carbocycles. The number of rotatable bonds is 3. The number of alkyl halides is 1. The molecule has 0 bridgehead atoms. The molecule has 0 aliphatic heterocycles. The Labute approximate surface area is 109 Å². The summed E-state index contributed by atoms with van der Waals surface area (Å²) in [5, 5.41) is 1.08. The van der Waals surface area contributed by atoms with Crippen LogP contribution in [0.25, 0.3) is 10.9 Å². The van der Waals surface area contributed by atoms with E-state index in [1.807, 2.05) is 6.92 Å². The number of fused-ring (bicyclic) bond motifs is 1. The van der Waals surface area contributed by atoms with Crippen LogP contribution in [0.5, 0.6) is 0 Å². The summed E-state index contributed by atoms with van der Waals surface area (Å²) < 4.78 is 1.62. The molecule has 0 fully saturated rings. The molecule has 17 heavy (non-hydrogen) atoms. The largest absolute Gasteiger partial charge is 0.295 e. The van der Waals surface area contributed by atoms with Gasteiger partial charge in [0.2, 0.25) is 0 Å². The van der Waals surface area contributed by atoms with E-state index in [1.54, 1.807) is 22.8 Å². The zero-order valence-corrected chi connectivity index (χ0v) is 10.9. The van der Waals surface area contributed by atoms with Crippen molar-refractivity contribution in [3.63, 3.8) is 0 Å². The van der Waals surface area contributed by atoms with Crippen LogP contribution in [0.15, 0.2) is 23.0 Å². The van der Waals surface area contributed by atoms with Crippen LogP contribution in [-0.2, 0) is 12.4 Å². The second kappa shape index (κ2) is 5.07. The highest BCUT2D eigenvalue weighted by atomic mass is 35.5. The van der Waals surface area contributed by atoms with Crippen molar-refractivity contribution in [2.75, 3.05) is 0 Å². The molecule has 0 saturated carbocycles. The Balaban J connectivity index is 2.79. The Morgan fingerprint density at radius 1 is 1.41 bits per heavy atom. The van der Waals surface area contributed by atoms with Crippen molar-refractivity contribution in [1.82, 2.24) is 9.55 Å². The normalized spacial score (nSPS) is 11.0. The average Bonchev–Trinajstić information content (AvgIpc) is 2.33. The van der Waals surface area contributed by atoms with E-state index in [0.29, 0.717) is 28.3 Å². The first-order chi connectivity index (χ1) is 8.17. The van der Waals surface area contributed by atoms with Crippen LogP contribution in [0.1, 0.15) is 19.2 Å². The molecule has 2 aromatic rings. The van der Waals surface area contributed by atoms with Crippen molar-refractivity contribution in [2.45, 2.75) is 25.8 Å². The number of hydrogen-bond acceptors (Lipinski definition) is 2. The number of aromatic nitrogens is 2. The SMILES string of the molecule is CCCn1c(CCl)nc2ccc(Cl)cc2c1=O. The number of hydrogen-bond donors (Lipinski definition) is 0. The lowest BCUT2D eigenvalue weighted by molar-refractivity contribution is 0.621. The smallest absolute Gasteiger partial charge is 0.261 e. The molecule has 0 spiro atoms. The van der Waals surface area contributed by atoms with Crippen molar-refractivity contribution < 1.29 is 0 Å². The maximum Gasteiger partial charge on any atom is 0.261 e. The van der Waals surface area contributed by atoms with Gasteiger partial charge >= 0.3 is 0 Å². The third-order valence-electron chi connectivity index (χ3n) is 2.56. The standard InChI is InChI=1S/C12H12Cl2N2O/c1-2-5-16-11(7-13)15-10-4-3-8(14)6-9(10)12(16)17/h3-4,6H,2,5,7H2,1H3. The molecule has 0 amide bonds. The van der Waals surface area contributed by atoms with Crippen LogP contribution in [0.2, 0.25) is 5.02 Å². The van der Waals surface area contributed by atoms with Gasteiger partial charge in [-0.15, -0.1) is 11.6 Å². The summed E-state index contributed by atoms with van der Waals surface area (Å²) in [6.45, 7) is 2.63. The predicted octanol–water partition coefficient (Wildman–Crippen LogP) is 3.20. The van der Waals surface area contributed by atoms with Crippen molar-refractivity contribution in [3.8, 4) is 0 Å². The van der Waals surface area contributed by atoms with E-state index in [4.69, 9.17) is 23.2 Å². The topological polar surface area (TPSA) is 34.9 Å². The number of halogens is 2. The van der Waals surface area contributed by atoms with Gasteiger partial charge in [0.15, 0.2) is 0 Å². The maximum atomic E-state index is 12.3. The van der Waals surface area contributed by atoms with E-state index < -0.39 is 0 Å². The highest BCUT2D eigenvalue weighted by Gasteiger charge is 2.09. The minimum atomic E-state index is -0.0741. The van der Waals surface area contributed by atoms with Gasteiger partial charge in [-0.2, -0.15) is 0 Å². The van der Waals surface area contributed by atoms with Gasteiger partial charge in [0, 0.05) is 11.6 Å². The fourth-order valence-electron chi connectivity index (χ4n) is 1.80. The minimum Gasteiger partial charge on any atom is -0.295 e. The van der Waals surface area contributed by atoms with Gasteiger partial charge in [-0.25, -0.2) is 4.98 Å². The monoisotopic (exact) mass is 270 g/mol. The van der Waals surface area contributed by atoms with Gasteiger partial charge in [0.05, 0.1) is 16.8 Å². The van der Waals surface area contributed by atoms with E-state index in [0.717, 1.165) is 6.42 Å². The lowest BCUT2D eigenvalue weighted by Gasteiger charge is -2.10. The molecule has 1 aromatic carbocycles. The van der Waals surface area contributed by atoms with Crippen LogP contribution in [0, 0.1) is 0 Å². The van der Waals surface area contributed by atoms with Crippen molar-refractivity contribution in [2.24, 2.45) is 0 Å². The lowest BCUT2D eigenvalue weighted by Crippen LogP contribution is -2.24. The van der Waals surface area contributed by atoms with Crippen molar-refractivity contribution in [1.29, 1.82) is 0 Å². The second-order valence-corrected chi connectivity index (χ2v) is 4.48. The zero-order chi connectivity index (χ0) is 12.4. The van der Waals surface area contributed by atoms with E-state index in [9.17, 15) is 4.79 Å². The van der Waals surface area contributed by atoms with Gasteiger partial charge in [-0.05, 0) is 24.6 Å². The molecule has 0 N–H and O–H groups in total. The van der Waals surface area contributed by atoms with E-state index >= 15 is 0 Å². The van der Waals surface area contributed by atoms with Crippen molar-refractivity contribution in [3.05, 3.63) is 39.4 Å². The third kappa shape index (κ3) is 2.31. The van der Waals surface area contributed by atoms with Crippen LogP contribution >= 0.6 is 23.2 Å². The van der Waals surface area contributed by atoms with Crippen LogP contribution in [-0.4, -0.2) is 9.55 Å². The molecular weight excluding hydrogens is 259 g/mol. The van der Waals surface area contributed by atoms with Crippen LogP contribution in [0.3, 0.4) is 0 Å². The third-order valence-corrected chi connectivity index (χ3v) is 3.04. The zero-order valence-electron chi connectivity index (χ0n) is 9.41. The first-order valence-corrected chi connectivity index (χ1v) is 6.33. The Bertz CT molecular complexity index is 607. The summed E-state index contributed by atoms with van der Waals surface area (Å²) in [6.07, 6.45) is 0.859. The fourth-order valence-corrected chi connectivity index (χ4v) is 2.17. The summed E-state index contributed by atoms with van der Waals surface area (Å²) in [6, 6.07) is 5.11. The van der Waals surface area contributed by atoms with Gasteiger partial charge in [-0.1, -0.05) is 18.5 Å². The first-order valence-electron chi connectivity index (χ1n) is 5.42. The van der Waals surface area contributed by atoms with Gasteiger partial charge < -0.3 is 0 Å². The fraction of sp³-hybridized carbons (Fsp3) is 0.333. The molecule has 0 unspecified atom stereocenters. The number of nitrogens with zero attached hydrogens (tertiary/aromatic N) is 2. The second-order valence-electron chi connectivity index (χ2n) is 3.78. The van der Waals surface area contributed by atoms with Gasteiger partial charge in [0.1, 0.15) is 5.82 Å². The molecule has 0 aliphatic rings. The minimum absolute atomic E-state index is 0.0741. The highest BCUT2D eigenvalue weighted by molar-refractivity contribution is 6.31. The summed E-state index contributed by atoms with van der Waals surface area (Å²) in [5.41, 5.74) is 0.567.